The largest absolute Gasteiger partial charge is 0.312 e. The number of fused-ring (bicyclic) bond motifs is 1. The van der Waals surface area contributed by atoms with E-state index in [1.807, 2.05) is 11.8 Å². The van der Waals surface area contributed by atoms with Crippen LogP contribution in [0.3, 0.4) is 0 Å². The van der Waals surface area contributed by atoms with E-state index in [1.165, 1.54) is 29.8 Å². The third-order valence-corrected chi connectivity index (χ3v) is 6.58. The fraction of sp³-hybridized carbons (Fsp3) is 0.750. The minimum absolute atomic E-state index is 0.0937. The Hall–Kier alpha value is -0.590. The van der Waals surface area contributed by atoms with Gasteiger partial charge in [-0.1, -0.05) is 19.8 Å². The number of thioether (sulfide) groups is 1. The fourth-order valence-electron chi connectivity index (χ4n) is 3.30. The summed E-state index contributed by atoms with van der Waals surface area (Å²) < 4.78 is 0. The van der Waals surface area contributed by atoms with Crippen molar-refractivity contribution in [3.63, 3.8) is 0 Å². The summed E-state index contributed by atoms with van der Waals surface area (Å²) in [5.41, 5.74) is 1.22. The van der Waals surface area contributed by atoms with Gasteiger partial charge in [-0.3, -0.25) is 4.79 Å². The van der Waals surface area contributed by atoms with Crippen molar-refractivity contribution in [3.8, 4) is 0 Å². The van der Waals surface area contributed by atoms with Gasteiger partial charge < -0.3 is 10.6 Å². The van der Waals surface area contributed by atoms with Crippen LogP contribution in [-0.2, 0) is 17.6 Å². The lowest BCUT2D eigenvalue weighted by Gasteiger charge is -2.22. The average Bonchev–Trinajstić information content (AvgIpc) is 2.89. The van der Waals surface area contributed by atoms with Crippen LogP contribution in [-0.4, -0.2) is 35.0 Å². The van der Waals surface area contributed by atoms with E-state index >= 15 is 0 Å². The number of aryl methyl sites for hydroxylation is 1. The van der Waals surface area contributed by atoms with E-state index in [9.17, 15) is 4.79 Å². The van der Waals surface area contributed by atoms with Gasteiger partial charge >= 0.3 is 0 Å². The highest BCUT2D eigenvalue weighted by Gasteiger charge is 2.23. The molecule has 0 aromatic carbocycles. The van der Waals surface area contributed by atoms with Crippen LogP contribution in [0.1, 0.15) is 43.2 Å². The average molecular weight is 340 g/mol. The maximum absolute atomic E-state index is 12.2. The molecular weight excluding hydrogens is 314 g/mol. The first kappa shape index (κ1) is 16.3. The molecule has 1 aliphatic heterocycles. The lowest BCUT2D eigenvalue weighted by molar-refractivity contribution is -0.116. The van der Waals surface area contributed by atoms with Crippen LogP contribution in [0.4, 0.5) is 5.13 Å². The van der Waals surface area contributed by atoms with E-state index in [-0.39, 0.29) is 5.91 Å². The number of aromatic nitrogens is 1. The Labute approximate surface area is 140 Å². The highest BCUT2D eigenvalue weighted by molar-refractivity contribution is 7.99. The Morgan fingerprint density at radius 2 is 2.41 bits per heavy atom. The summed E-state index contributed by atoms with van der Waals surface area (Å²) in [6.45, 7) is 3.26. The van der Waals surface area contributed by atoms with Gasteiger partial charge in [-0.2, -0.15) is 11.8 Å². The first-order chi connectivity index (χ1) is 10.7. The van der Waals surface area contributed by atoms with Crippen molar-refractivity contribution in [1.29, 1.82) is 0 Å². The molecule has 1 amide bonds. The molecule has 1 saturated heterocycles. The molecule has 2 unspecified atom stereocenters. The van der Waals surface area contributed by atoms with Gasteiger partial charge in [-0.25, -0.2) is 4.98 Å². The minimum atomic E-state index is 0.0937. The van der Waals surface area contributed by atoms with Crippen molar-refractivity contribution in [1.82, 2.24) is 10.3 Å². The first-order valence-electron chi connectivity index (χ1n) is 8.34. The summed E-state index contributed by atoms with van der Waals surface area (Å²) in [7, 11) is 0. The minimum Gasteiger partial charge on any atom is -0.312 e. The molecule has 0 radical (unpaired) electrons. The quantitative estimate of drug-likeness (QED) is 0.865. The number of rotatable bonds is 5. The van der Waals surface area contributed by atoms with Crippen LogP contribution in [0.25, 0.3) is 0 Å². The number of anilines is 1. The second-order valence-corrected chi connectivity index (χ2v) is 8.50. The number of carbonyl (C=O) groups excluding carboxylic acids is 1. The van der Waals surface area contributed by atoms with Crippen LogP contribution < -0.4 is 10.6 Å². The van der Waals surface area contributed by atoms with E-state index in [4.69, 9.17) is 0 Å². The number of nitrogens with zero attached hydrogens (tertiary/aromatic N) is 1. The summed E-state index contributed by atoms with van der Waals surface area (Å²) in [5.74, 6) is 3.08. The van der Waals surface area contributed by atoms with Gasteiger partial charge in [0, 0.05) is 35.4 Å². The number of amides is 1. The Morgan fingerprint density at radius 3 is 3.18 bits per heavy atom. The van der Waals surface area contributed by atoms with E-state index < -0.39 is 0 Å². The Kier molecular flexibility index (Phi) is 5.77. The summed E-state index contributed by atoms with van der Waals surface area (Å²) >= 11 is 3.61. The van der Waals surface area contributed by atoms with Crippen molar-refractivity contribution in [3.05, 3.63) is 10.6 Å². The van der Waals surface area contributed by atoms with Gasteiger partial charge in [0.25, 0.3) is 0 Å². The Balaban J connectivity index is 1.54. The predicted molar refractivity (Wildman–Crippen MR) is 94.9 cm³/mol. The highest BCUT2D eigenvalue weighted by Crippen LogP contribution is 2.34. The molecule has 1 fully saturated rings. The molecule has 6 heteroatoms. The molecule has 0 saturated carbocycles. The van der Waals surface area contributed by atoms with Crippen molar-refractivity contribution >= 4 is 34.1 Å². The molecular formula is C16H25N3OS2. The monoisotopic (exact) mass is 339 g/mol. The molecule has 3 rings (SSSR count). The molecule has 0 spiro atoms. The van der Waals surface area contributed by atoms with Crippen LogP contribution >= 0.6 is 23.1 Å². The van der Waals surface area contributed by atoms with Gasteiger partial charge in [-0.05, 0) is 25.2 Å². The molecule has 2 N–H and O–H groups in total. The second-order valence-electron chi connectivity index (χ2n) is 6.26. The number of nitrogens with one attached hydrogen (secondary N) is 2. The van der Waals surface area contributed by atoms with E-state index in [0.717, 1.165) is 41.9 Å². The van der Waals surface area contributed by atoms with Crippen LogP contribution in [0.2, 0.25) is 0 Å². The molecule has 1 aromatic rings. The molecule has 2 atom stereocenters. The SMILES string of the molecule is CCCC1CCc2nc(NC(=O)CC3CSCCN3)sc2C1. The molecule has 2 heterocycles. The Morgan fingerprint density at radius 1 is 1.50 bits per heavy atom. The standard InChI is InChI=1S/C16H25N3OS2/c1-2-3-11-4-5-13-14(8-11)22-16(18-13)19-15(20)9-12-10-21-7-6-17-12/h11-12,17H,2-10H2,1H3,(H,18,19,20). The molecule has 0 bridgehead atoms. The van der Waals surface area contributed by atoms with Crippen molar-refractivity contribution in [2.24, 2.45) is 5.92 Å². The first-order valence-corrected chi connectivity index (χ1v) is 10.3. The second kappa shape index (κ2) is 7.79. The zero-order valence-corrected chi connectivity index (χ0v) is 14.8. The topological polar surface area (TPSA) is 54.0 Å². The van der Waals surface area contributed by atoms with Crippen LogP contribution in [0.15, 0.2) is 0 Å². The van der Waals surface area contributed by atoms with Crippen molar-refractivity contribution < 1.29 is 4.79 Å². The van der Waals surface area contributed by atoms with Crippen LogP contribution in [0.5, 0.6) is 0 Å². The van der Waals surface area contributed by atoms with Crippen molar-refractivity contribution in [2.75, 3.05) is 23.4 Å². The van der Waals surface area contributed by atoms with E-state index in [2.05, 4.69) is 22.5 Å². The van der Waals surface area contributed by atoms with Gasteiger partial charge in [-0.15, -0.1) is 11.3 Å². The zero-order chi connectivity index (χ0) is 15.4. The molecule has 22 heavy (non-hydrogen) atoms. The molecule has 4 nitrogen and oxygen atoms in total. The van der Waals surface area contributed by atoms with Gasteiger partial charge in [0.15, 0.2) is 5.13 Å². The molecule has 2 aliphatic rings. The van der Waals surface area contributed by atoms with Gasteiger partial charge in [0.05, 0.1) is 5.69 Å². The molecule has 122 valence electrons. The number of hydrogen-bond acceptors (Lipinski definition) is 5. The maximum Gasteiger partial charge on any atom is 0.227 e. The lowest BCUT2D eigenvalue weighted by Crippen LogP contribution is -2.39. The smallest absolute Gasteiger partial charge is 0.227 e. The summed E-state index contributed by atoms with van der Waals surface area (Å²) in [6.07, 6.45) is 6.60. The van der Waals surface area contributed by atoms with Crippen molar-refractivity contribution in [2.45, 2.75) is 51.5 Å². The lowest BCUT2D eigenvalue weighted by atomic mass is 9.88. The van der Waals surface area contributed by atoms with E-state index in [0.29, 0.717) is 12.5 Å². The zero-order valence-electron chi connectivity index (χ0n) is 13.2. The highest BCUT2D eigenvalue weighted by atomic mass is 32.2. The number of carbonyl (C=O) groups is 1. The van der Waals surface area contributed by atoms with Crippen LogP contribution in [0, 0.1) is 5.92 Å². The maximum atomic E-state index is 12.2. The summed E-state index contributed by atoms with van der Waals surface area (Å²) in [4.78, 5) is 18.2. The number of hydrogen-bond donors (Lipinski definition) is 2. The third kappa shape index (κ3) is 4.24. The van der Waals surface area contributed by atoms with E-state index in [1.54, 1.807) is 11.3 Å². The molecule has 1 aromatic heterocycles. The third-order valence-electron chi connectivity index (χ3n) is 4.42. The predicted octanol–water partition coefficient (Wildman–Crippen LogP) is 3.08. The van der Waals surface area contributed by atoms with Gasteiger partial charge in [0.2, 0.25) is 5.91 Å². The normalized spacial score (nSPS) is 24.8. The van der Waals surface area contributed by atoms with Gasteiger partial charge in [0.1, 0.15) is 0 Å². The fourth-order valence-corrected chi connectivity index (χ4v) is 5.38. The summed E-state index contributed by atoms with van der Waals surface area (Å²) in [5, 5.41) is 7.22. The number of thiazole rings is 1. The summed E-state index contributed by atoms with van der Waals surface area (Å²) in [6, 6.07) is 0.308. The molecule has 1 aliphatic carbocycles. The Bertz CT molecular complexity index is 511.